The SMILES string of the molecule is C/C=C/CCc1ccc(C(F)=C(F)c2ccc3cc(CC)ccc3c2)cc1. The smallest absolute Gasteiger partial charge is 0.166 e. The van der Waals surface area contributed by atoms with Crippen LogP contribution in [0.15, 0.2) is 72.8 Å². The van der Waals surface area contributed by atoms with E-state index >= 15 is 0 Å². The molecule has 0 amide bonds. The molecule has 0 aromatic heterocycles. The first-order valence-electron chi connectivity index (χ1n) is 9.41. The van der Waals surface area contributed by atoms with Crippen molar-refractivity contribution in [3.63, 3.8) is 0 Å². The molecule has 0 aliphatic carbocycles. The molecular formula is C25H24F2. The van der Waals surface area contributed by atoms with E-state index in [1.165, 1.54) is 5.56 Å². The summed E-state index contributed by atoms with van der Waals surface area (Å²) < 4.78 is 29.4. The molecule has 27 heavy (non-hydrogen) atoms. The molecule has 0 aliphatic heterocycles. The molecular weight excluding hydrogens is 338 g/mol. The Hall–Kier alpha value is -2.74. The van der Waals surface area contributed by atoms with Crippen LogP contribution in [0, 0.1) is 0 Å². The second-order valence-electron chi connectivity index (χ2n) is 6.68. The molecule has 0 radical (unpaired) electrons. The van der Waals surface area contributed by atoms with Crippen molar-refractivity contribution in [1.29, 1.82) is 0 Å². The van der Waals surface area contributed by atoms with Gasteiger partial charge in [-0.2, -0.15) is 0 Å². The topological polar surface area (TPSA) is 0 Å². The maximum Gasteiger partial charge on any atom is 0.166 e. The summed E-state index contributed by atoms with van der Waals surface area (Å²) in [5.41, 5.74) is 2.87. The third-order valence-corrected chi connectivity index (χ3v) is 4.80. The molecule has 0 saturated heterocycles. The second kappa shape index (κ2) is 8.77. The average Bonchev–Trinajstić information content (AvgIpc) is 2.72. The molecule has 0 N–H and O–H groups in total. The maximum atomic E-state index is 14.7. The third-order valence-electron chi connectivity index (χ3n) is 4.80. The minimum Gasteiger partial charge on any atom is -0.203 e. The first-order chi connectivity index (χ1) is 13.1. The van der Waals surface area contributed by atoms with Gasteiger partial charge in [0.2, 0.25) is 0 Å². The van der Waals surface area contributed by atoms with Crippen LogP contribution in [0.25, 0.3) is 22.4 Å². The van der Waals surface area contributed by atoms with Crippen molar-refractivity contribution in [2.24, 2.45) is 0 Å². The highest BCUT2D eigenvalue weighted by molar-refractivity contribution is 5.90. The summed E-state index contributed by atoms with van der Waals surface area (Å²) in [5, 5.41) is 1.95. The number of halogens is 2. The van der Waals surface area contributed by atoms with Crippen LogP contribution < -0.4 is 0 Å². The second-order valence-corrected chi connectivity index (χ2v) is 6.68. The highest BCUT2D eigenvalue weighted by Gasteiger charge is 2.12. The first-order valence-corrected chi connectivity index (χ1v) is 9.41. The number of rotatable bonds is 6. The van der Waals surface area contributed by atoms with E-state index in [4.69, 9.17) is 0 Å². The van der Waals surface area contributed by atoms with Gasteiger partial charge in [0.15, 0.2) is 11.7 Å². The molecule has 0 heterocycles. The Balaban J connectivity index is 1.87. The molecule has 3 aromatic rings. The molecule has 3 aromatic carbocycles. The average molecular weight is 362 g/mol. The third kappa shape index (κ3) is 4.51. The normalized spacial score (nSPS) is 12.6. The van der Waals surface area contributed by atoms with Gasteiger partial charge in [0.05, 0.1) is 0 Å². The molecule has 0 nitrogen and oxygen atoms in total. The Labute approximate surface area is 159 Å². The summed E-state index contributed by atoms with van der Waals surface area (Å²) in [6.45, 7) is 4.08. The van der Waals surface area contributed by atoms with Gasteiger partial charge in [0, 0.05) is 11.1 Å². The molecule has 0 spiro atoms. The van der Waals surface area contributed by atoms with Gasteiger partial charge in [-0.15, -0.1) is 0 Å². The molecule has 0 atom stereocenters. The zero-order chi connectivity index (χ0) is 19.2. The molecule has 2 heteroatoms. The maximum absolute atomic E-state index is 14.7. The zero-order valence-electron chi connectivity index (χ0n) is 15.8. The Morgan fingerprint density at radius 3 is 2.07 bits per heavy atom. The van der Waals surface area contributed by atoms with Crippen LogP contribution >= 0.6 is 0 Å². The molecule has 0 unspecified atom stereocenters. The number of fused-ring (bicyclic) bond motifs is 1. The van der Waals surface area contributed by atoms with Crippen molar-refractivity contribution in [3.8, 4) is 0 Å². The Morgan fingerprint density at radius 1 is 0.778 bits per heavy atom. The molecule has 138 valence electrons. The van der Waals surface area contributed by atoms with E-state index in [0.29, 0.717) is 0 Å². The summed E-state index contributed by atoms with van der Waals surface area (Å²) in [6.07, 6.45) is 6.89. The quantitative estimate of drug-likeness (QED) is 0.312. The van der Waals surface area contributed by atoms with Gasteiger partial charge in [0.1, 0.15) is 0 Å². The molecule has 0 bridgehead atoms. The summed E-state index contributed by atoms with van der Waals surface area (Å²) >= 11 is 0. The number of aryl methyl sites for hydroxylation is 2. The molecule has 3 rings (SSSR count). The van der Waals surface area contributed by atoms with Crippen LogP contribution in [0.1, 0.15) is 42.5 Å². The lowest BCUT2D eigenvalue weighted by Crippen LogP contribution is -1.88. The predicted molar refractivity (Wildman–Crippen MR) is 112 cm³/mol. The summed E-state index contributed by atoms with van der Waals surface area (Å²) in [5.74, 6) is -1.64. The Kier molecular flexibility index (Phi) is 6.18. The van der Waals surface area contributed by atoms with Crippen molar-refractivity contribution in [3.05, 3.63) is 95.1 Å². The minimum absolute atomic E-state index is 0.265. The van der Waals surface area contributed by atoms with Gasteiger partial charge in [0.25, 0.3) is 0 Å². The number of allylic oxidation sites excluding steroid dienone is 2. The predicted octanol–water partition coefficient (Wildman–Crippen LogP) is 7.68. The van der Waals surface area contributed by atoms with Crippen LogP contribution in [0.2, 0.25) is 0 Å². The standard InChI is InChI=1S/C25H24F2/c1-3-5-6-7-19-9-11-20(12-10-19)24(26)25(27)23-15-14-21-16-18(4-2)8-13-22(21)17-23/h3,5,8-17H,4,6-7H2,1-2H3/b5-3+,25-24?. The van der Waals surface area contributed by atoms with Gasteiger partial charge < -0.3 is 0 Å². The number of hydrogen-bond acceptors (Lipinski definition) is 0. The fraction of sp³-hybridized carbons (Fsp3) is 0.200. The zero-order valence-corrected chi connectivity index (χ0v) is 15.8. The van der Waals surface area contributed by atoms with Crippen molar-refractivity contribution in [1.82, 2.24) is 0 Å². The van der Waals surface area contributed by atoms with E-state index in [1.807, 2.05) is 43.3 Å². The highest BCUT2D eigenvalue weighted by Crippen LogP contribution is 2.31. The van der Waals surface area contributed by atoms with E-state index in [0.717, 1.165) is 35.6 Å². The van der Waals surface area contributed by atoms with Gasteiger partial charge >= 0.3 is 0 Å². The van der Waals surface area contributed by atoms with Gasteiger partial charge in [-0.1, -0.05) is 73.7 Å². The highest BCUT2D eigenvalue weighted by atomic mass is 19.2. The van der Waals surface area contributed by atoms with E-state index in [1.54, 1.807) is 24.3 Å². The summed E-state index contributed by atoms with van der Waals surface area (Å²) in [7, 11) is 0. The van der Waals surface area contributed by atoms with Crippen molar-refractivity contribution in [2.45, 2.75) is 33.1 Å². The van der Waals surface area contributed by atoms with Crippen molar-refractivity contribution >= 4 is 22.4 Å². The van der Waals surface area contributed by atoms with E-state index in [9.17, 15) is 8.78 Å². The van der Waals surface area contributed by atoms with E-state index in [-0.39, 0.29) is 11.1 Å². The number of benzene rings is 3. The van der Waals surface area contributed by atoms with Gasteiger partial charge in [-0.05, 0) is 54.2 Å². The van der Waals surface area contributed by atoms with Gasteiger partial charge in [-0.3, -0.25) is 0 Å². The fourth-order valence-electron chi connectivity index (χ4n) is 3.14. The first kappa shape index (κ1) is 19.0. The van der Waals surface area contributed by atoms with Gasteiger partial charge in [-0.25, -0.2) is 8.78 Å². The van der Waals surface area contributed by atoms with Crippen LogP contribution in [-0.2, 0) is 12.8 Å². The Bertz CT molecular complexity index is 979. The van der Waals surface area contributed by atoms with Crippen molar-refractivity contribution in [2.75, 3.05) is 0 Å². The van der Waals surface area contributed by atoms with Crippen LogP contribution in [0.4, 0.5) is 8.78 Å². The summed E-state index contributed by atoms with van der Waals surface area (Å²) in [6, 6.07) is 18.3. The van der Waals surface area contributed by atoms with E-state index in [2.05, 4.69) is 19.1 Å². The lowest BCUT2D eigenvalue weighted by molar-refractivity contribution is 0.700. The number of hydrogen-bond donors (Lipinski definition) is 0. The molecule has 0 fully saturated rings. The van der Waals surface area contributed by atoms with E-state index < -0.39 is 11.7 Å². The minimum atomic E-state index is -0.821. The lowest BCUT2D eigenvalue weighted by Gasteiger charge is -2.06. The lowest BCUT2D eigenvalue weighted by atomic mass is 10.0. The molecule has 0 saturated carbocycles. The van der Waals surface area contributed by atoms with Crippen LogP contribution in [0.3, 0.4) is 0 Å². The fourth-order valence-corrected chi connectivity index (χ4v) is 3.14. The van der Waals surface area contributed by atoms with Crippen molar-refractivity contribution < 1.29 is 8.78 Å². The largest absolute Gasteiger partial charge is 0.203 e. The Morgan fingerprint density at radius 2 is 1.37 bits per heavy atom. The van der Waals surface area contributed by atoms with Crippen LogP contribution in [0.5, 0.6) is 0 Å². The monoisotopic (exact) mass is 362 g/mol. The summed E-state index contributed by atoms with van der Waals surface area (Å²) in [4.78, 5) is 0. The van der Waals surface area contributed by atoms with Crippen LogP contribution in [-0.4, -0.2) is 0 Å². The molecule has 0 aliphatic rings.